The highest BCUT2D eigenvalue weighted by Gasteiger charge is 2.16. The van der Waals surface area contributed by atoms with E-state index in [1.807, 2.05) is 6.92 Å². The van der Waals surface area contributed by atoms with Crippen molar-refractivity contribution in [2.75, 3.05) is 0 Å². The molecule has 2 heterocycles. The van der Waals surface area contributed by atoms with E-state index in [-0.39, 0.29) is 17.3 Å². The fraction of sp³-hybridized carbons (Fsp3) is 0.364. The minimum absolute atomic E-state index is 0.216. The van der Waals surface area contributed by atoms with Gasteiger partial charge in [0.05, 0.1) is 6.33 Å². The standard InChI is InChI=1S/C11H14N4O2/c1-4-5-7(2)15-10(16)8-9(13-6-12-8)14(3)11(15)17/h4,6-7H,1,5H2,2-3H3,(H,12,13). The predicted molar refractivity (Wildman–Crippen MR) is 65.1 cm³/mol. The SMILES string of the molecule is C=CCC(C)n1c(=O)c2[nH]cnc2n(C)c1=O. The van der Waals surface area contributed by atoms with Gasteiger partial charge in [-0.1, -0.05) is 6.08 Å². The average molecular weight is 234 g/mol. The van der Waals surface area contributed by atoms with Crippen molar-refractivity contribution < 1.29 is 0 Å². The van der Waals surface area contributed by atoms with Crippen LogP contribution in [0.25, 0.3) is 11.2 Å². The van der Waals surface area contributed by atoms with Gasteiger partial charge >= 0.3 is 5.69 Å². The van der Waals surface area contributed by atoms with Gasteiger partial charge in [-0.15, -0.1) is 6.58 Å². The van der Waals surface area contributed by atoms with Gasteiger partial charge < -0.3 is 4.98 Å². The summed E-state index contributed by atoms with van der Waals surface area (Å²) in [4.78, 5) is 30.9. The lowest BCUT2D eigenvalue weighted by molar-refractivity contribution is 0.498. The van der Waals surface area contributed by atoms with Crippen molar-refractivity contribution in [3.63, 3.8) is 0 Å². The first-order valence-electron chi connectivity index (χ1n) is 5.33. The van der Waals surface area contributed by atoms with E-state index >= 15 is 0 Å². The van der Waals surface area contributed by atoms with E-state index in [0.29, 0.717) is 17.6 Å². The molecule has 0 radical (unpaired) electrons. The van der Waals surface area contributed by atoms with Crippen LogP contribution in [0.4, 0.5) is 0 Å². The van der Waals surface area contributed by atoms with Crippen LogP contribution in [0.3, 0.4) is 0 Å². The van der Waals surface area contributed by atoms with Crippen molar-refractivity contribution in [1.29, 1.82) is 0 Å². The third-order valence-corrected chi connectivity index (χ3v) is 2.81. The number of nitrogens with zero attached hydrogens (tertiary/aromatic N) is 3. The van der Waals surface area contributed by atoms with E-state index in [0.717, 1.165) is 0 Å². The smallest absolute Gasteiger partial charge is 0.332 e. The zero-order valence-corrected chi connectivity index (χ0v) is 9.80. The highest BCUT2D eigenvalue weighted by atomic mass is 16.2. The van der Waals surface area contributed by atoms with Crippen LogP contribution < -0.4 is 11.2 Å². The molecule has 6 heteroatoms. The third kappa shape index (κ3) is 1.61. The minimum Gasteiger partial charge on any atom is -0.339 e. The van der Waals surface area contributed by atoms with E-state index in [2.05, 4.69) is 16.5 Å². The van der Waals surface area contributed by atoms with Crippen LogP contribution in [0, 0.1) is 0 Å². The van der Waals surface area contributed by atoms with Gasteiger partial charge in [-0.05, 0) is 13.3 Å². The predicted octanol–water partition coefficient (Wildman–Crippen LogP) is 0.560. The summed E-state index contributed by atoms with van der Waals surface area (Å²) >= 11 is 0. The molecule has 0 aliphatic rings. The van der Waals surface area contributed by atoms with Crippen molar-refractivity contribution in [2.45, 2.75) is 19.4 Å². The summed E-state index contributed by atoms with van der Waals surface area (Å²) in [5, 5.41) is 0. The molecule has 90 valence electrons. The topological polar surface area (TPSA) is 72.7 Å². The van der Waals surface area contributed by atoms with Crippen LogP contribution in [0.5, 0.6) is 0 Å². The number of H-pyrrole nitrogens is 1. The summed E-state index contributed by atoms with van der Waals surface area (Å²) < 4.78 is 2.59. The van der Waals surface area contributed by atoms with E-state index in [4.69, 9.17) is 0 Å². The number of aromatic nitrogens is 4. The molecular weight excluding hydrogens is 220 g/mol. The van der Waals surface area contributed by atoms with Gasteiger partial charge in [-0.2, -0.15) is 0 Å². The number of hydrogen-bond donors (Lipinski definition) is 1. The molecule has 1 atom stereocenters. The van der Waals surface area contributed by atoms with Crippen molar-refractivity contribution in [3.8, 4) is 0 Å². The molecule has 0 bridgehead atoms. The maximum absolute atomic E-state index is 12.1. The van der Waals surface area contributed by atoms with Crippen LogP contribution in [-0.2, 0) is 7.05 Å². The zero-order chi connectivity index (χ0) is 12.6. The summed E-state index contributed by atoms with van der Waals surface area (Å²) in [6.07, 6.45) is 3.66. The van der Waals surface area contributed by atoms with Crippen molar-refractivity contribution in [3.05, 3.63) is 39.8 Å². The largest absolute Gasteiger partial charge is 0.339 e. The molecule has 17 heavy (non-hydrogen) atoms. The molecule has 0 amide bonds. The molecule has 2 aromatic rings. The van der Waals surface area contributed by atoms with Crippen LogP contribution in [-0.4, -0.2) is 19.1 Å². The quantitative estimate of drug-likeness (QED) is 0.789. The number of hydrogen-bond acceptors (Lipinski definition) is 3. The number of nitrogens with one attached hydrogen (secondary N) is 1. The molecule has 0 aliphatic heterocycles. The fourth-order valence-electron chi connectivity index (χ4n) is 1.89. The molecule has 0 aromatic carbocycles. The van der Waals surface area contributed by atoms with Crippen LogP contribution >= 0.6 is 0 Å². The normalized spacial score (nSPS) is 12.8. The minimum atomic E-state index is -0.357. The van der Waals surface area contributed by atoms with Crippen molar-refractivity contribution in [2.24, 2.45) is 7.05 Å². The monoisotopic (exact) mass is 234 g/mol. The molecule has 0 saturated heterocycles. The molecular formula is C11H14N4O2. The Hall–Kier alpha value is -2.11. The Kier molecular flexibility index (Phi) is 2.71. The van der Waals surface area contributed by atoms with Crippen LogP contribution in [0.1, 0.15) is 19.4 Å². The molecule has 0 saturated carbocycles. The third-order valence-electron chi connectivity index (χ3n) is 2.81. The molecule has 6 nitrogen and oxygen atoms in total. The van der Waals surface area contributed by atoms with E-state index in [9.17, 15) is 9.59 Å². The first-order chi connectivity index (χ1) is 8.07. The van der Waals surface area contributed by atoms with Crippen molar-refractivity contribution >= 4 is 11.2 Å². The number of fused-ring (bicyclic) bond motifs is 1. The number of aryl methyl sites for hydroxylation is 1. The van der Waals surface area contributed by atoms with Gasteiger partial charge in [0.15, 0.2) is 5.65 Å². The van der Waals surface area contributed by atoms with Crippen LogP contribution in [0.15, 0.2) is 28.6 Å². The number of allylic oxidation sites excluding steroid dienone is 1. The van der Waals surface area contributed by atoms with Gasteiger partial charge in [0, 0.05) is 13.1 Å². The second kappa shape index (κ2) is 4.04. The van der Waals surface area contributed by atoms with Gasteiger partial charge in [0.2, 0.25) is 0 Å². The lowest BCUT2D eigenvalue weighted by atomic mass is 10.2. The molecule has 0 aliphatic carbocycles. The molecule has 2 rings (SSSR count). The lowest BCUT2D eigenvalue weighted by Crippen LogP contribution is -2.40. The molecule has 1 unspecified atom stereocenters. The number of aromatic amines is 1. The maximum Gasteiger partial charge on any atom is 0.332 e. The lowest BCUT2D eigenvalue weighted by Gasteiger charge is -2.13. The summed E-state index contributed by atoms with van der Waals surface area (Å²) in [6.45, 7) is 5.43. The summed E-state index contributed by atoms with van der Waals surface area (Å²) in [7, 11) is 1.60. The Labute approximate surface area is 97.2 Å². The Morgan fingerprint density at radius 3 is 2.94 bits per heavy atom. The van der Waals surface area contributed by atoms with Gasteiger partial charge in [0.1, 0.15) is 5.52 Å². The second-order valence-electron chi connectivity index (χ2n) is 3.99. The van der Waals surface area contributed by atoms with E-state index in [1.54, 1.807) is 13.1 Å². The average Bonchev–Trinajstić information content (AvgIpc) is 2.76. The fourth-order valence-corrected chi connectivity index (χ4v) is 1.89. The Morgan fingerprint density at radius 2 is 2.29 bits per heavy atom. The summed E-state index contributed by atoms with van der Waals surface area (Å²) in [6, 6.07) is -0.216. The van der Waals surface area contributed by atoms with Gasteiger partial charge in [-0.3, -0.25) is 13.9 Å². The first-order valence-corrected chi connectivity index (χ1v) is 5.33. The van der Waals surface area contributed by atoms with E-state index < -0.39 is 0 Å². The molecule has 1 N–H and O–H groups in total. The second-order valence-corrected chi connectivity index (χ2v) is 3.99. The van der Waals surface area contributed by atoms with Crippen molar-refractivity contribution in [1.82, 2.24) is 19.1 Å². The zero-order valence-electron chi connectivity index (χ0n) is 9.80. The van der Waals surface area contributed by atoms with E-state index in [1.165, 1.54) is 15.5 Å². The molecule has 0 fully saturated rings. The Morgan fingerprint density at radius 1 is 1.59 bits per heavy atom. The molecule has 0 spiro atoms. The van der Waals surface area contributed by atoms with Gasteiger partial charge in [-0.25, -0.2) is 9.78 Å². The number of imidazole rings is 1. The van der Waals surface area contributed by atoms with Crippen LogP contribution in [0.2, 0.25) is 0 Å². The Bertz CT molecular complexity index is 677. The summed E-state index contributed by atoms with van der Waals surface area (Å²) in [5.41, 5.74) is 0.0314. The van der Waals surface area contributed by atoms with Gasteiger partial charge in [0.25, 0.3) is 5.56 Å². The highest BCUT2D eigenvalue weighted by Crippen LogP contribution is 2.07. The highest BCUT2D eigenvalue weighted by molar-refractivity contribution is 5.68. The Balaban J connectivity index is 2.84. The molecule has 2 aromatic heterocycles. The number of rotatable bonds is 3. The maximum atomic E-state index is 12.1. The first kappa shape index (κ1) is 11.4. The summed E-state index contributed by atoms with van der Waals surface area (Å²) in [5.74, 6) is 0.